The maximum Gasteiger partial charge on any atom is 0.169 e. The lowest BCUT2D eigenvalue weighted by Gasteiger charge is -2.21. The highest BCUT2D eigenvalue weighted by Crippen LogP contribution is 2.27. The molecule has 2 atom stereocenters. The van der Waals surface area contributed by atoms with Crippen LogP contribution in [-0.2, 0) is 9.47 Å². The molecule has 1 fully saturated rings. The van der Waals surface area contributed by atoms with Crippen molar-refractivity contribution in [2.45, 2.75) is 38.6 Å². The van der Waals surface area contributed by atoms with Crippen molar-refractivity contribution >= 4 is 11.6 Å². The van der Waals surface area contributed by atoms with E-state index in [1.807, 2.05) is 6.92 Å². The van der Waals surface area contributed by atoms with Gasteiger partial charge in [0.15, 0.2) is 5.79 Å². The molecule has 2 nitrogen and oxygen atoms in total. The molecule has 1 rings (SSSR count). The van der Waals surface area contributed by atoms with Crippen LogP contribution in [0.15, 0.2) is 12.2 Å². The Morgan fingerprint density at radius 1 is 1.54 bits per heavy atom. The Morgan fingerprint density at radius 3 is 2.85 bits per heavy atom. The summed E-state index contributed by atoms with van der Waals surface area (Å²) < 4.78 is 11.2. The van der Waals surface area contributed by atoms with Gasteiger partial charge in [0.2, 0.25) is 0 Å². The fourth-order valence-corrected chi connectivity index (χ4v) is 1.49. The van der Waals surface area contributed by atoms with Gasteiger partial charge in [-0.25, -0.2) is 0 Å². The van der Waals surface area contributed by atoms with Crippen molar-refractivity contribution in [2.75, 3.05) is 12.5 Å². The number of ether oxygens (including phenoxy) is 2. The van der Waals surface area contributed by atoms with E-state index in [1.54, 1.807) is 0 Å². The Balaban J connectivity index is 2.35. The second-order valence-corrected chi connectivity index (χ2v) is 3.73. The second kappa shape index (κ2) is 4.99. The van der Waals surface area contributed by atoms with Gasteiger partial charge in [-0.1, -0.05) is 19.1 Å². The SMILES string of the molecule is CCC=CCC1(C)OCC(CCl)O1. The third-order valence-electron chi connectivity index (χ3n) is 2.05. The van der Waals surface area contributed by atoms with Crippen molar-refractivity contribution in [2.24, 2.45) is 0 Å². The van der Waals surface area contributed by atoms with Gasteiger partial charge in [0.1, 0.15) is 0 Å². The predicted octanol–water partition coefficient (Wildman–Crippen LogP) is 2.71. The summed E-state index contributed by atoms with van der Waals surface area (Å²) in [5, 5.41) is 0. The summed E-state index contributed by atoms with van der Waals surface area (Å²) in [6, 6.07) is 0. The Kier molecular flexibility index (Phi) is 4.23. The molecule has 0 N–H and O–H groups in total. The molecule has 1 aliphatic heterocycles. The van der Waals surface area contributed by atoms with Crippen molar-refractivity contribution in [1.29, 1.82) is 0 Å². The van der Waals surface area contributed by atoms with Gasteiger partial charge in [-0.05, 0) is 13.3 Å². The number of rotatable bonds is 4. The Morgan fingerprint density at radius 2 is 2.31 bits per heavy atom. The van der Waals surface area contributed by atoms with Gasteiger partial charge in [0.25, 0.3) is 0 Å². The molecule has 0 aromatic carbocycles. The zero-order chi connectivity index (χ0) is 9.73. The van der Waals surface area contributed by atoms with Gasteiger partial charge in [-0.2, -0.15) is 0 Å². The first kappa shape index (κ1) is 11.0. The lowest BCUT2D eigenvalue weighted by atomic mass is 10.2. The first-order chi connectivity index (χ1) is 6.20. The highest BCUT2D eigenvalue weighted by molar-refractivity contribution is 6.18. The minimum Gasteiger partial charge on any atom is -0.347 e. The van der Waals surface area contributed by atoms with E-state index in [4.69, 9.17) is 21.1 Å². The predicted molar refractivity (Wildman–Crippen MR) is 54.0 cm³/mol. The topological polar surface area (TPSA) is 18.5 Å². The molecule has 76 valence electrons. The molecule has 2 unspecified atom stereocenters. The number of halogens is 1. The molecule has 13 heavy (non-hydrogen) atoms. The summed E-state index contributed by atoms with van der Waals surface area (Å²) in [7, 11) is 0. The van der Waals surface area contributed by atoms with Crippen molar-refractivity contribution in [3.05, 3.63) is 12.2 Å². The van der Waals surface area contributed by atoms with Gasteiger partial charge in [0, 0.05) is 6.42 Å². The summed E-state index contributed by atoms with van der Waals surface area (Å²) in [5.74, 6) is 0.0539. The maximum absolute atomic E-state index is 5.67. The summed E-state index contributed by atoms with van der Waals surface area (Å²) in [6.07, 6.45) is 6.12. The van der Waals surface area contributed by atoms with Crippen molar-refractivity contribution in [3.63, 3.8) is 0 Å². The molecule has 0 aromatic rings. The van der Waals surface area contributed by atoms with Crippen molar-refractivity contribution in [1.82, 2.24) is 0 Å². The second-order valence-electron chi connectivity index (χ2n) is 3.42. The largest absolute Gasteiger partial charge is 0.347 e. The van der Waals surface area contributed by atoms with E-state index in [-0.39, 0.29) is 6.10 Å². The Hall–Kier alpha value is -0.0500. The third kappa shape index (κ3) is 3.29. The van der Waals surface area contributed by atoms with E-state index >= 15 is 0 Å². The van der Waals surface area contributed by atoms with Crippen LogP contribution in [0.2, 0.25) is 0 Å². The Bertz CT molecular complexity index is 182. The fourth-order valence-electron chi connectivity index (χ4n) is 1.34. The normalized spacial score (nSPS) is 34.5. The zero-order valence-electron chi connectivity index (χ0n) is 8.25. The van der Waals surface area contributed by atoms with E-state index in [9.17, 15) is 0 Å². The van der Waals surface area contributed by atoms with Gasteiger partial charge in [-0.15, -0.1) is 11.6 Å². The number of hydrogen-bond acceptors (Lipinski definition) is 2. The molecule has 0 aliphatic carbocycles. The molecule has 0 bridgehead atoms. The van der Waals surface area contributed by atoms with Crippen LogP contribution in [0.3, 0.4) is 0 Å². The van der Waals surface area contributed by atoms with Gasteiger partial charge in [0.05, 0.1) is 18.6 Å². The highest BCUT2D eigenvalue weighted by atomic mass is 35.5. The first-order valence-electron chi connectivity index (χ1n) is 4.73. The van der Waals surface area contributed by atoms with E-state index in [0.717, 1.165) is 12.8 Å². The van der Waals surface area contributed by atoms with Crippen molar-refractivity contribution in [3.8, 4) is 0 Å². The van der Waals surface area contributed by atoms with E-state index < -0.39 is 5.79 Å². The van der Waals surface area contributed by atoms with Gasteiger partial charge in [-0.3, -0.25) is 0 Å². The quantitative estimate of drug-likeness (QED) is 0.518. The maximum atomic E-state index is 5.67. The van der Waals surface area contributed by atoms with Crippen LogP contribution in [0.1, 0.15) is 26.7 Å². The number of hydrogen-bond donors (Lipinski definition) is 0. The number of alkyl halides is 1. The minimum atomic E-state index is -0.453. The zero-order valence-corrected chi connectivity index (χ0v) is 9.01. The van der Waals surface area contributed by atoms with Crippen LogP contribution in [0.25, 0.3) is 0 Å². The monoisotopic (exact) mass is 204 g/mol. The fraction of sp³-hybridized carbons (Fsp3) is 0.800. The lowest BCUT2D eigenvalue weighted by molar-refractivity contribution is -0.148. The molecular weight excluding hydrogens is 188 g/mol. The smallest absolute Gasteiger partial charge is 0.169 e. The molecule has 1 heterocycles. The molecule has 0 aromatic heterocycles. The highest BCUT2D eigenvalue weighted by Gasteiger charge is 2.35. The summed E-state index contributed by atoms with van der Waals surface area (Å²) >= 11 is 5.67. The summed E-state index contributed by atoms with van der Waals surface area (Å²) in [6.45, 7) is 4.68. The van der Waals surface area contributed by atoms with E-state index in [2.05, 4.69) is 19.1 Å². The molecule has 1 aliphatic rings. The average molecular weight is 205 g/mol. The van der Waals surface area contributed by atoms with Crippen LogP contribution >= 0.6 is 11.6 Å². The minimum absolute atomic E-state index is 0.0571. The van der Waals surface area contributed by atoms with Gasteiger partial charge >= 0.3 is 0 Å². The molecule has 0 amide bonds. The molecular formula is C10H17ClO2. The van der Waals surface area contributed by atoms with Gasteiger partial charge < -0.3 is 9.47 Å². The van der Waals surface area contributed by atoms with Crippen LogP contribution in [0.5, 0.6) is 0 Å². The van der Waals surface area contributed by atoms with Crippen LogP contribution < -0.4 is 0 Å². The van der Waals surface area contributed by atoms with Crippen LogP contribution in [0.4, 0.5) is 0 Å². The molecule has 3 heteroatoms. The van der Waals surface area contributed by atoms with E-state index in [1.165, 1.54) is 0 Å². The first-order valence-corrected chi connectivity index (χ1v) is 5.26. The third-order valence-corrected chi connectivity index (χ3v) is 2.40. The van der Waals surface area contributed by atoms with Crippen molar-refractivity contribution < 1.29 is 9.47 Å². The summed E-state index contributed by atoms with van der Waals surface area (Å²) in [4.78, 5) is 0. The van der Waals surface area contributed by atoms with Crippen LogP contribution in [-0.4, -0.2) is 24.4 Å². The lowest BCUT2D eigenvalue weighted by Crippen LogP contribution is -2.26. The van der Waals surface area contributed by atoms with E-state index in [0.29, 0.717) is 12.5 Å². The molecule has 0 radical (unpaired) electrons. The number of allylic oxidation sites excluding steroid dienone is 1. The molecule has 1 saturated heterocycles. The molecule has 0 saturated carbocycles. The Labute approximate surface area is 84.9 Å². The van der Waals surface area contributed by atoms with Crippen LogP contribution in [0, 0.1) is 0 Å². The average Bonchev–Trinajstić information content (AvgIpc) is 2.49. The molecule has 0 spiro atoms. The standard InChI is InChI=1S/C10H17ClO2/c1-3-4-5-6-10(2)12-8-9(7-11)13-10/h4-5,9H,3,6-8H2,1-2H3. The summed E-state index contributed by atoms with van der Waals surface area (Å²) in [5.41, 5.74) is 0.